The van der Waals surface area contributed by atoms with Crippen LogP contribution in [0.5, 0.6) is 0 Å². The Bertz CT molecular complexity index is 333. The summed E-state index contributed by atoms with van der Waals surface area (Å²) in [6.45, 7) is 7.83. The van der Waals surface area contributed by atoms with Gasteiger partial charge in [-0.2, -0.15) is 0 Å². The van der Waals surface area contributed by atoms with Gasteiger partial charge in [0, 0.05) is 18.5 Å². The van der Waals surface area contributed by atoms with Crippen molar-refractivity contribution in [3.05, 3.63) is 24.2 Å². The van der Waals surface area contributed by atoms with Gasteiger partial charge < -0.3 is 15.1 Å². The van der Waals surface area contributed by atoms with Gasteiger partial charge in [0.2, 0.25) is 5.91 Å². The minimum atomic E-state index is -0.192. The van der Waals surface area contributed by atoms with E-state index in [1.165, 1.54) is 0 Å². The molecule has 2 N–H and O–H groups in total. The molecule has 2 unspecified atom stereocenters. The molecule has 0 fully saturated rings. The Morgan fingerprint density at radius 2 is 2.06 bits per heavy atom. The van der Waals surface area contributed by atoms with Gasteiger partial charge in [0.1, 0.15) is 5.76 Å². The summed E-state index contributed by atoms with van der Waals surface area (Å²) in [6, 6.07) is 4.00. The largest absolute Gasteiger partial charge is 0.469 e. The van der Waals surface area contributed by atoms with E-state index in [2.05, 4.69) is 10.6 Å². The summed E-state index contributed by atoms with van der Waals surface area (Å²) in [6.07, 6.45) is 2.45. The lowest BCUT2D eigenvalue weighted by Crippen LogP contribution is -2.48. The van der Waals surface area contributed by atoms with Gasteiger partial charge in [-0.1, -0.05) is 0 Å². The first-order valence-electron chi connectivity index (χ1n) is 6.08. The van der Waals surface area contributed by atoms with Crippen LogP contribution in [0.15, 0.2) is 22.8 Å². The van der Waals surface area contributed by atoms with Crippen molar-refractivity contribution in [3.8, 4) is 0 Å². The predicted molar refractivity (Wildman–Crippen MR) is 67.8 cm³/mol. The molecule has 0 radical (unpaired) electrons. The second kappa shape index (κ2) is 6.45. The first-order valence-corrected chi connectivity index (χ1v) is 6.08. The first kappa shape index (κ1) is 13.8. The molecule has 0 saturated carbocycles. The Kier molecular flexibility index (Phi) is 5.22. The summed E-state index contributed by atoms with van der Waals surface area (Å²) < 4.78 is 5.27. The molecule has 0 spiro atoms. The van der Waals surface area contributed by atoms with Crippen molar-refractivity contribution in [1.29, 1.82) is 0 Å². The van der Waals surface area contributed by atoms with Gasteiger partial charge in [-0.05, 0) is 39.8 Å². The van der Waals surface area contributed by atoms with Gasteiger partial charge in [-0.15, -0.1) is 0 Å². The Morgan fingerprint density at radius 3 is 2.59 bits per heavy atom. The third-order valence-electron chi connectivity index (χ3n) is 2.45. The van der Waals surface area contributed by atoms with Crippen molar-refractivity contribution in [2.75, 3.05) is 0 Å². The highest BCUT2D eigenvalue weighted by molar-refractivity contribution is 5.81. The van der Waals surface area contributed by atoms with Crippen LogP contribution in [0.3, 0.4) is 0 Å². The van der Waals surface area contributed by atoms with E-state index in [1.807, 2.05) is 39.8 Å². The van der Waals surface area contributed by atoms with E-state index < -0.39 is 0 Å². The minimum absolute atomic E-state index is 0.0336. The molecular weight excluding hydrogens is 216 g/mol. The number of carbonyl (C=O) groups is 1. The highest BCUT2D eigenvalue weighted by atomic mass is 16.3. The molecule has 0 aliphatic heterocycles. The molecule has 17 heavy (non-hydrogen) atoms. The smallest absolute Gasteiger partial charge is 0.237 e. The number of furan rings is 1. The lowest BCUT2D eigenvalue weighted by atomic mass is 10.1. The maximum atomic E-state index is 11.7. The number of hydrogen-bond donors (Lipinski definition) is 2. The summed E-state index contributed by atoms with van der Waals surface area (Å²) in [7, 11) is 0. The molecule has 1 heterocycles. The zero-order chi connectivity index (χ0) is 12.8. The normalized spacial score (nSPS) is 14.6. The quantitative estimate of drug-likeness (QED) is 0.793. The summed E-state index contributed by atoms with van der Waals surface area (Å²) in [5.41, 5.74) is 0. The van der Waals surface area contributed by atoms with Crippen molar-refractivity contribution in [2.24, 2.45) is 0 Å². The number of rotatable bonds is 6. The Labute approximate surface area is 103 Å². The Hall–Kier alpha value is -1.29. The second-order valence-corrected chi connectivity index (χ2v) is 4.74. The van der Waals surface area contributed by atoms with Crippen molar-refractivity contribution in [3.63, 3.8) is 0 Å². The summed E-state index contributed by atoms with van der Waals surface area (Å²) in [5, 5.41) is 6.13. The van der Waals surface area contributed by atoms with E-state index in [4.69, 9.17) is 4.42 Å². The monoisotopic (exact) mass is 238 g/mol. The molecule has 1 aromatic heterocycles. The van der Waals surface area contributed by atoms with Crippen molar-refractivity contribution < 1.29 is 9.21 Å². The third kappa shape index (κ3) is 5.04. The number of nitrogens with one attached hydrogen (secondary N) is 2. The highest BCUT2D eigenvalue weighted by Gasteiger charge is 2.16. The van der Waals surface area contributed by atoms with Crippen molar-refractivity contribution in [1.82, 2.24) is 10.6 Å². The fraction of sp³-hybridized carbons (Fsp3) is 0.615. The average Bonchev–Trinajstić information content (AvgIpc) is 2.68. The van der Waals surface area contributed by atoms with Crippen LogP contribution in [0.25, 0.3) is 0 Å². The van der Waals surface area contributed by atoms with E-state index in [1.54, 1.807) is 6.26 Å². The van der Waals surface area contributed by atoms with E-state index >= 15 is 0 Å². The van der Waals surface area contributed by atoms with Crippen molar-refractivity contribution in [2.45, 2.75) is 52.2 Å². The number of hydrogen-bond acceptors (Lipinski definition) is 3. The van der Waals surface area contributed by atoms with Crippen LogP contribution in [-0.4, -0.2) is 24.0 Å². The fourth-order valence-corrected chi connectivity index (χ4v) is 1.70. The van der Waals surface area contributed by atoms with E-state index in [0.29, 0.717) is 0 Å². The fourth-order valence-electron chi connectivity index (χ4n) is 1.70. The van der Waals surface area contributed by atoms with Crippen LogP contribution in [0.4, 0.5) is 0 Å². The molecule has 96 valence electrons. The number of carbonyl (C=O) groups excluding carboxylic acids is 1. The van der Waals surface area contributed by atoms with Gasteiger partial charge in [-0.3, -0.25) is 4.79 Å². The van der Waals surface area contributed by atoms with E-state index in [0.717, 1.165) is 12.2 Å². The minimum Gasteiger partial charge on any atom is -0.469 e. The summed E-state index contributed by atoms with van der Waals surface area (Å²) in [4.78, 5) is 11.7. The standard InChI is InChI=1S/C13H22N2O2/c1-9(2)14-13(16)11(4)15-10(3)8-12-6-5-7-17-12/h5-7,9-11,15H,8H2,1-4H3,(H,14,16). The molecule has 4 nitrogen and oxygen atoms in total. The van der Waals surface area contributed by atoms with Crippen LogP contribution in [0.1, 0.15) is 33.5 Å². The van der Waals surface area contributed by atoms with Gasteiger partial charge in [0.15, 0.2) is 0 Å². The van der Waals surface area contributed by atoms with E-state index in [9.17, 15) is 4.79 Å². The van der Waals surface area contributed by atoms with Crippen LogP contribution in [-0.2, 0) is 11.2 Å². The Balaban J connectivity index is 2.35. The summed E-state index contributed by atoms with van der Waals surface area (Å²) in [5.74, 6) is 0.966. The zero-order valence-corrected chi connectivity index (χ0v) is 11.0. The maximum absolute atomic E-state index is 11.7. The molecule has 0 aliphatic carbocycles. The van der Waals surface area contributed by atoms with Crippen LogP contribution >= 0.6 is 0 Å². The van der Waals surface area contributed by atoms with Gasteiger partial charge in [0.25, 0.3) is 0 Å². The molecule has 0 aliphatic rings. The lowest BCUT2D eigenvalue weighted by molar-refractivity contribution is -0.123. The molecule has 0 bridgehead atoms. The molecule has 2 atom stereocenters. The Morgan fingerprint density at radius 1 is 1.35 bits per heavy atom. The second-order valence-electron chi connectivity index (χ2n) is 4.74. The zero-order valence-electron chi connectivity index (χ0n) is 11.0. The molecule has 1 rings (SSSR count). The molecule has 0 saturated heterocycles. The molecular formula is C13H22N2O2. The number of amides is 1. The predicted octanol–water partition coefficient (Wildman–Crippen LogP) is 1.71. The van der Waals surface area contributed by atoms with Crippen LogP contribution < -0.4 is 10.6 Å². The maximum Gasteiger partial charge on any atom is 0.237 e. The molecule has 1 amide bonds. The van der Waals surface area contributed by atoms with Gasteiger partial charge >= 0.3 is 0 Å². The molecule has 4 heteroatoms. The topological polar surface area (TPSA) is 54.3 Å². The first-order chi connectivity index (χ1) is 7.99. The van der Waals surface area contributed by atoms with Crippen LogP contribution in [0.2, 0.25) is 0 Å². The van der Waals surface area contributed by atoms with Gasteiger partial charge in [0.05, 0.1) is 12.3 Å². The van der Waals surface area contributed by atoms with E-state index in [-0.39, 0.29) is 24.0 Å². The third-order valence-corrected chi connectivity index (χ3v) is 2.45. The average molecular weight is 238 g/mol. The van der Waals surface area contributed by atoms with Crippen LogP contribution in [0, 0.1) is 0 Å². The van der Waals surface area contributed by atoms with Gasteiger partial charge in [-0.25, -0.2) is 0 Å². The van der Waals surface area contributed by atoms with Crippen molar-refractivity contribution >= 4 is 5.91 Å². The molecule has 0 aromatic carbocycles. The summed E-state index contributed by atoms with van der Waals surface area (Å²) >= 11 is 0. The highest BCUT2D eigenvalue weighted by Crippen LogP contribution is 2.04. The lowest BCUT2D eigenvalue weighted by Gasteiger charge is -2.20. The SMILES string of the molecule is CC(C)NC(=O)C(C)NC(C)Cc1ccco1. The molecule has 1 aromatic rings.